The van der Waals surface area contributed by atoms with Crippen LogP contribution in [0.2, 0.25) is 5.02 Å². The number of rotatable bonds is 9. The Bertz CT molecular complexity index is 632. The first-order valence-corrected chi connectivity index (χ1v) is 9.30. The molecule has 28 heavy (non-hydrogen) atoms. The summed E-state index contributed by atoms with van der Waals surface area (Å²) in [5.41, 5.74) is 0.333. The van der Waals surface area contributed by atoms with Gasteiger partial charge < -0.3 is 25.2 Å². The molecule has 1 heterocycles. The third-order valence-corrected chi connectivity index (χ3v) is 4.68. The van der Waals surface area contributed by atoms with Gasteiger partial charge in [-0.2, -0.15) is 8.78 Å². The molecular formula is C18H27ClF2IN3O3. The summed E-state index contributed by atoms with van der Waals surface area (Å²) in [7, 11) is 0. The van der Waals surface area contributed by atoms with Crippen LogP contribution in [0.1, 0.15) is 25.3 Å². The highest BCUT2D eigenvalue weighted by Gasteiger charge is 2.34. The quantitative estimate of drug-likeness (QED) is 0.258. The monoisotopic (exact) mass is 533 g/mol. The molecule has 1 aliphatic heterocycles. The largest absolute Gasteiger partial charge is 0.434 e. The van der Waals surface area contributed by atoms with Gasteiger partial charge in [0.15, 0.2) is 5.96 Å². The molecule has 0 radical (unpaired) electrons. The molecule has 1 unspecified atom stereocenters. The van der Waals surface area contributed by atoms with Crippen molar-refractivity contribution in [3.05, 3.63) is 28.8 Å². The van der Waals surface area contributed by atoms with Crippen molar-refractivity contribution in [3.8, 4) is 5.75 Å². The first-order chi connectivity index (χ1) is 13.0. The lowest BCUT2D eigenvalue weighted by Gasteiger charge is -2.27. The summed E-state index contributed by atoms with van der Waals surface area (Å²) in [5.74, 6) is 0.597. The van der Waals surface area contributed by atoms with Gasteiger partial charge in [0.1, 0.15) is 5.75 Å². The van der Waals surface area contributed by atoms with Crippen molar-refractivity contribution < 1.29 is 23.4 Å². The number of benzene rings is 1. The summed E-state index contributed by atoms with van der Waals surface area (Å²) in [4.78, 5) is 4.45. The van der Waals surface area contributed by atoms with Crippen LogP contribution in [0.15, 0.2) is 23.2 Å². The maximum absolute atomic E-state index is 12.6. The zero-order chi connectivity index (χ0) is 19.7. The first kappa shape index (κ1) is 25.1. The molecule has 160 valence electrons. The third kappa shape index (κ3) is 7.84. The lowest BCUT2D eigenvalue weighted by atomic mass is 9.84. The van der Waals surface area contributed by atoms with Crippen LogP contribution < -0.4 is 15.4 Å². The van der Waals surface area contributed by atoms with Crippen molar-refractivity contribution >= 4 is 41.5 Å². The zero-order valence-electron chi connectivity index (χ0n) is 15.7. The van der Waals surface area contributed by atoms with E-state index in [2.05, 4.69) is 20.4 Å². The van der Waals surface area contributed by atoms with Crippen LogP contribution in [0, 0.1) is 5.41 Å². The second kappa shape index (κ2) is 12.6. The molecule has 0 amide bonds. The van der Waals surface area contributed by atoms with Crippen LogP contribution in [0.3, 0.4) is 0 Å². The fraction of sp³-hybridized carbons (Fsp3) is 0.611. The summed E-state index contributed by atoms with van der Waals surface area (Å²) >= 11 is 5.97. The van der Waals surface area contributed by atoms with Crippen molar-refractivity contribution in [2.45, 2.75) is 32.9 Å². The van der Waals surface area contributed by atoms with E-state index in [9.17, 15) is 13.9 Å². The van der Waals surface area contributed by atoms with E-state index < -0.39 is 6.61 Å². The molecular weight excluding hydrogens is 507 g/mol. The Hall–Kier alpha value is -0.910. The van der Waals surface area contributed by atoms with Crippen molar-refractivity contribution in [1.82, 2.24) is 10.6 Å². The highest BCUT2D eigenvalue weighted by Crippen LogP contribution is 2.31. The molecule has 0 saturated carbocycles. The fourth-order valence-corrected chi connectivity index (χ4v) is 3.17. The number of aliphatic imine (C=N–C) groups is 1. The number of ether oxygens (including phenoxy) is 2. The molecule has 0 bridgehead atoms. The number of alkyl halides is 2. The van der Waals surface area contributed by atoms with Crippen molar-refractivity contribution in [1.29, 1.82) is 0 Å². The Morgan fingerprint density at radius 3 is 2.82 bits per heavy atom. The summed E-state index contributed by atoms with van der Waals surface area (Å²) < 4.78 is 35.2. The number of hydrogen-bond acceptors (Lipinski definition) is 4. The minimum absolute atomic E-state index is 0. The van der Waals surface area contributed by atoms with Gasteiger partial charge in [0.25, 0.3) is 0 Å². The van der Waals surface area contributed by atoms with Crippen LogP contribution in [0.4, 0.5) is 8.78 Å². The van der Waals surface area contributed by atoms with Crippen molar-refractivity contribution in [3.63, 3.8) is 0 Å². The van der Waals surface area contributed by atoms with Gasteiger partial charge in [0.2, 0.25) is 0 Å². The molecule has 6 nitrogen and oxygen atoms in total. The van der Waals surface area contributed by atoms with Crippen LogP contribution in [-0.2, 0) is 11.3 Å². The average molecular weight is 534 g/mol. The van der Waals surface area contributed by atoms with Crippen LogP contribution >= 0.6 is 35.6 Å². The Balaban J connectivity index is 0.00000392. The normalized spacial score (nSPS) is 19.4. The summed E-state index contributed by atoms with van der Waals surface area (Å²) in [6, 6.07) is 4.46. The predicted octanol–water partition coefficient (Wildman–Crippen LogP) is 3.40. The summed E-state index contributed by atoms with van der Waals surface area (Å²) in [5, 5.41) is 16.1. The van der Waals surface area contributed by atoms with E-state index in [0.29, 0.717) is 49.3 Å². The molecule has 0 aromatic heterocycles. The Morgan fingerprint density at radius 2 is 2.21 bits per heavy atom. The van der Waals surface area contributed by atoms with E-state index in [1.807, 2.05) is 6.92 Å². The smallest absolute Gasteiger partial charge is 0.387 e. The SMILES string of the molecule is CCNC(=NCc1cc(Cl)ccc1OC(F)F)NCC1(CCO)CCOC1.I. The molecule has 10 heteroatoms. The number of nitrogens with one attached hydrogen (secondary N) is 2. The van der Waals surface area contributed by atoms with E-state index in [4.69, 9.17) is 16.3 Å². The van der Waals surface area contributed by atoms with E-state index in [1.54, 1.807) is 6.07 Å². The predicted molar refractivity (Wildman–Crippen MR) is 116 cm³/mol. The van der Waals surface area contributed by atoms with Gasteiger partial charge in [-0.05, 0) is 38.0 Å². The Kier molecular flexibility index (Phi) is 11.3. The summed E-state index contributed by atoms with van der Waals surface area (Å²) in [6.45, 7) is 1.73. The Labute approximate surface area is 186 Å². The van der Waals surface area contributed by atoms with Gasteiger partial charge in [-0.15, -0.1) is 24.0 Å². The number of halogens is 4. The van der Waals surface area contributed by atoms with Crippen LogP contribution in [-0.4, -0.2) is 50.6 Å². The molecule has 1 aliphatic rings. The third-order valence-electron chi connectivity index (χ3n) is 4.45. The minimum atomic E-state index is -2.92. The van der Waals surface area contributed by atoms with Crippen molar-refractivity contribution in [2.75, 3.05) is 32.9 Å². The molecule has 3 N–H and O–H groups in total. The second-order valence-electron chi connectivity index (χ2n) is 6.46. The highest BCUT2D eigenvalue weighted by molar-refractivity contribution is 14.0. The molecule has 1 aromatic rings. The molecule has 1 aromatic carbocycles. The van der Waals surface area contributed by atoms with Gasteiger partial charge >= 0.3 is 6.61 Å². The van der Waals surface area contributed by atoms with Gasteiger partial charge in [0, 0.05) is 42.3 Å². The number of nitrogens with zero attached hydrogens (tertiary/aromatic N) is 1. The first-order valence-electron chi connectivity index (χ1n) is 8.92. The molecule has 1 fully saturated rings. The van der Waals surface area contributed by atoms with E-state index in [0.717, 1.165) is 6.42 Å². The lowest BCUT2D eigenvalue weighted by molar-refractivity contribution is -0.0504. The zero-order valence-corrected chi connectivity index (χ0v) is 18.8. The summed E-state index contributed by atoms with van der Waals surface area (Å²) in [6.07, 6.45) is 1.50. The molecule has 2 rings (SSSR count). The Morgan fingerprint density at radius 1 is 1.43 bits per heavy atom. The van der Waals surface area contributed by atoms with Crippen LogP contribution in [0.25, 0.3) is 0 Å². The number of guanidine groups is 1. The highest BCUT2D eigenvalue weighted by atomic mass is 127. The second-order valence-corrected chi connectivity index (χ2v) is 6.89. The van der Waals surface area contributed by atoms with E-state index in [1.165, 1.54) is 12.1 Å². The average Bonchev–Trinajstić information content (AvgIpc) is 3.08. The van der Waals surface area contributed by atoms with Gasteiger partial charge in [0.05, 0.1) is 13.2 Å². The maximum Gasteiger partial charge on any atom is 0.387 e. The van der Waals surface area contributed by atoms with E-state index in [-0.39, 0.29) is 48.3 Å². The molecule has 1 atom stereocenters. The number of aliphatic hydroxyl groups is 1. The van der Waals surface area contributed by atoms with Gasteiger partial charge in [-0.25, -0.2) is 4.99 Å². The van der Waals surface area contributed by atoms with Crippen LogP contribution in [0.5, 0.6) is 5.75 Å². The standard InChI is InChI=1S/C18H26ClF2N3O3.HI/c1-2-22-17(24-11-18(5-7-25)6-8-26-12-18)23-10-13-9-14(19)3-4-15(13)27-16(20)21;/h3-4,9,16,25H,2,5-8,10-12H2,1H3,(H2,22,23,24);1H. The van der Waals surface area contributed by atoms with Gasteiger partial charge in [-0.3, -0.25) is 0 Å². The molecule has 1 saturated heterocycles. The fourth-order valence-electron chi connectivity index (χ4n) is 2.97. The number of aliphatic hydroxyl groups excluding tert-OH is 1. The van der Waals surface area contributed by atoms with Crippen molar-refractivity contribution in [2.24, 2.45) is 10.4 Å². The minimum Gasteiger partial charge on any atom is -0.434 e. The molecule has 0 spiro atoms. The lowest BCUT2D eigenvalue weighted by Crippen LogP contribution is -2.44. The topological polar surface area (TPSA) is 75.1 Å². The number of hydrogen-bond donors (Lipinski definition) is 3. The maximum atomic E-state index is 12.6. The van der Waals surface area contributed by atoms with Gasteiger partial charge in [-0.1, -0.05) is 11.6 Å². The molecule has 0 aliphatic carbocycles. The van der Waals surface area contributed by atoms with E-state index >= 15 is 0 Å².